The number of nitrogens with one attached hydrogen (secondary N) is 1. The summed E-state index contributed by atoms with van der Waals surface area (Å²) >= 11 is 1.43. The highest BCUT2D eigenvalue weighted by molar-refractivity contribution is 7.21. The summed E-state index contributed by atoms with van der Waals surface area (Å²) in [4.78, 5) is 12.8. The number of fused-ring (bicyclic) bond motifs is 1. The van der Waals surface area contributed by atoms with Crippen LogP contribution in [0.25, 0.3) is 10.1 Å². The molecule has 0 fully saturated rings. The van der Waals surface area contributed by atoms with E-state index in [9.17, 15) is 4.79 Å². The van der Waals surface area contributed by atoms with Crippen LogP contribution in [0.2, 0.25) is 0 Å². The SMILES string of the molecule is Nc1c(C(=O)NCc2ccccc2)sc2ccccc12. The zero-order valence-corrected chi connectivity index (χ0v) is 11.6. The van der Waals surface area contributed by atoms with Gasteiger partial charge in [-0.1, -0.05) is 48.5 Å². The van der Waals surface area contributed by atoms with Crippen molar-refractivity contribution in [1.29, 1.82) is 0 Å². The molecule has 0 spiro atoms. The fraction of sp³-hybridized carbons (Fsp3) is 0.0625. The van der Waals surface area contributed by atoms with E-state index in [4.69, 9.17) is 5.73 Å². The molecule has 0 unspecified atom stereocenters. The van der Waals surface area contributed by atoms with E-state index >= 15 is 0 Å². The Labute approximate surface area is 121 Å². The number of nitrogen functional groups attached to an aromatic ring is 1. The molecule has 20 heavy (non-hydrogen) atoms. The molecule has 3 N–H and O–H groups in total. The summed E-state index contributed by atoms with van der Waals surface area (Å²) < 4.78 is 1.04. The Morgan fingerprint density at radius 2 is 1.75 bits per heavy atom. The van der Waals surface area contributed by atoms with E-state index < -0.39 is 0 Å². The number of thiophene rings is 1. The van der Waals surface area contributed by atoms with Gasteiger partial charge in [-0.2, -0.15) is 0 Å². The molecule has 0 saturated carbocycles. The van der Waals surface area contributed by atoms with E-state index in [-0.39, 0.29) is 5.91 Å². The molecule has 1 amide bonds. The molecule has 3 aromatic rings. The van der Waals surface area contributed by atoms with Crippen LogP contribution in [0.4, 0.5) is 5.69 Å². The first-order chi connectivity index (χ1) is 9.75. The molecule has 0 aliphatic heterocycles. The topological polar surface area (TPSA) is 55.1 Å². The molecule has 0 bridgehead atoms. The Morgan fingerprint density at radius 3 is 2.50 bits per heavy atom. The molecule has 3 rings (SSSR count). The van der Waals surface area contributed by atoms with Crippen LogP contribution in [0.3, 0.4) is 0 Å². The number of nitrogens with two attached hydrogens (primary N) is 1. The normalized spacial score (nSPS) is 10.6. The molecule has 0 aliphatic carbocycles. The van der Waals surface area contributed by atoms with E-state index in [1.165, 1.54) is 11.3 Å². The van der Waals surface area contributed by atoms with Crippen molar-refractivity contribution >= 4 is 33.0 Å². The summed E-state index contributed by atoms with van der Waals surface area (Å²) in [7, 11) is 0. The third-order valence-electron chi connectivity index (χ3n) is 3.14. The van der Waals surface area contributed by atoms with Gasteiger partial charge >= 0.3 is 0 Å². The third-order valence-corrected chi connectivity index (χ3v) is 4.32. The lowest BCUT2D eigenvalue weighted by molar-refractivity contribution is 0.0956. The lowest BCUT2D eigenvalue weighted by Crippen LogP contribution is -2.22. The molecule has 4 heteroatoms. The van der Waals surface area contributed by atoms with Crippen LogP contribution in [0, 0.1) is 0 Å². The smallest absolute Gasteiger partial charge is 0.263 e. The number of amides is 1. The highest BCUT2D eigenvalue weighted by atomic mass is 32.1. The first kappa shape index (κ1) is 12.7. The number of carbonyl (C=O) groups excluding carboxylic acids is 1. The van der Waals surface area contributed by atoms with Crippen LogP contribution in [-0.2, 0) is 6.54 Å². The van der Waals surface area contributed by atoms with E-state index in [1.54, 1.807) is 0 Å². The first-order valence-electron chi connectivity index (χ1n) is 6.35. The largest absolute Gasteiger partial charge is 0.397 e. The second-order valence-electron chi connectivity index (χ2n) is 4.51. The minimum atomic E-state index is -0.118. The quantitative estimate of drug-likeness (QED) is 0.773. The Hall–Kier alpha value is -2.33. The average Bonchev–Trinajstić information content (AvgIpc) is 2.84. The lowest BCUT2D eigenvalue weighted by Gasteiger charge is -2.04. The average molecular weight is 282 g/mol. The van der Waals surface area contributed by atoms with Gasteiger partial charge in [-0.25, -0.2) is 0 Å². The molecular formula is C16H14N2OS. The molecule has 1 heterocycles. The van der Waals surface area contributed by atoms with Gasteiger partial charge in [-0.05, 0) is 11.6 Å². The minimum absolute atomic E-state index is 0.118. The van der Waals surface area contributed by atoms with Crippen molar-refractivity contribution in [2.75, 3.05) is 5.73 Å². The maximum atomic E-state index is 12.2. The van der Waals surface area contributed by atoms with Crippen molar-refractivity contribution in [2.24, 2.45) is 0 Å². The highest BCUT2D eigenvalue weighted by Gasteiger charge is 2.15. The number of carbonyl (C=O) groups is 1. The van der Waals surface area contributed by atoms with Crippen molar-refractivity contribution in [3.05, 3.63) is 65.0 Å². The van der Waals surface area contributed by atoms with Crippen LogP contribution in [0.15, 0.2) is 54.6 Å². The number of hydrogen-bond donors (Lipinski definition) is 2. The second kappa shape index (κ2) is 5.35. The Bertz CT molecular complexity index is 750. The number of hydrogen-bond acceptors (Lipinski definition) is 3. The molecule has 1 aromatic heterocycles. The molecule has 100 valence electrons. The van der Waals surface area contributed by atoms with Crippen molar-refractivity contribution < 1.29 is 4.79 Å². The van der Waals surface area contributed by atoms with Crippen molar-refractivity contribution in [2.45, 2.75) is 6.54 Å². The third kappa shape index (κ3) is 2.38. The molecule has 2 aromatic carbocycles. The predicted molar refractivity (Wildman–Crippen MR) is 83.8 cm³/mol. The molecule has 3 nitrogen and oxygen atoms in total. The van der Waals surface area contributed by atoms with Crippen LogP contribution < -0.4 is 11.1 Å². The monoisotopic (exact) mass is 282 g/mol. The fourth-order valence-electron chi connectivity index (χ4n) is 2.09. The molecule has 0 radical (unpaired) electrons. The second-order valence-corrected chi connectivity index (χ2v) is 5.56. The summed E-state index contributed by atoms with van der Waals surface area (Å²) in [5.74, 6) is -0.118. The molecule has 0 atom stereocenters. The zero-order valence-electron chi connectivity index (χ0n) is 10.8. The van der Waals surface area contributed by atoms with Crippen molar-refractivity contribution in [3.8, 4) is 0 Å². The van der Waals surface area contributed by atoms with Gasteiger partial charge in [0.15, 0.2) is 0 Å². The van der Waals surface area contributed by atoms with Crippen LogP contribution >= 0.6 is 11.3 Å². The predicted octanol–water partition coefficient (Wildman–Crippen LogP) is 3.41. The van der Waals surface area contributed by atoms with Gasteiger partial charge in [0.2, 0.25) is 0 Å². The first-order valence-corrected chi connectivity index (χ1v) is 7.16. The Morgan fingerprint density at radius 1 is 1.05 bits per heavy atom. The van der Waals surface area contributed by atoms with E-state index in [0.29, 0.717) is 17.1 Å². The number of rotatable bonds is 3. The maximum absolute atomic E-state index is 12.2. The zero-order chi connectivity index (χ0) is 13.9. The summed E-state index contributed by atoms with van der Waals surface area (Å²) in [6.45, 7) is 0.507. The standard InChI is InChI=1S/C16H14N2OS/c17-14-12-8-4-5-9-13(12)20-15(14)16(19)18-10-11-6-2-1-3-7-11/h1-9H,10,17H2,(H,18,19). The molecule has 0 aliphatic rings. The van der Waals surface area contributed by atoms with Crippen molar-refractivity contribution in [3.63, 3.8) is 0 Å². The highest BCUT2D eigenvalue weighted by Crippen LogP contribution is 2.33. The van der Waals surface area contributed by atoms with Crippen LogP contribution in [0.5, 0.6) is 0 Å². The number of benzene rings is 2. The van der Waals surface area contributed by atoms with Crippen LogP contribution in [0.1, 0.15) is 15.2 Å². The van der Waals surface area contributed by atoms with Gasteiger partial charge in [0.25, 0.3) is 5.91 Å². The Balaban J connectivity index is 1.81. The van der Waals surface area contributed by atoms with E-state index in [2.05, 4.69) is 5.32 Å². The van der Waals surface area contributed by atoms with Crippen molar-refractivity contribution in [1.82, 2.24) is 5.32 Å². The number of anilines is 1. The van der Waals surface area contributed by atoms with Gasteiger partial charge in [0.05, 0.1) is 5.69 Å². The summed E-state index contributed by atoms with van der Waals surface area (Å²) in [5.41, 5.74) is 7.69. The summed E-state index contributed by atoms with van der Waals surface area (Å²) in [6.07, 6.45) is 0. The summed E-state index contributed by atoms with van der Waals surface area (Å²) in [5, 5.41) is 3.86. The molecule has 0 saturated heterocycles. The maximum Gasteiger partial charge on any atom is 0.263 e. The summed E-state index contributed by atoms with van der Waals surface area (Å²) in [6, 6.07) is 17.6. The Kier molecular flexibility index (Phi) is 3.39. The lowest BCUT2D eigenvalue weighted by atomic mass is 10.2. The van der Waals surface area contributed by atoms with Gasteiger partial charge in [-0.3, -0.25) is 4.79 Å². The molecular weight excluding hydrogens is 268 g/mol. The van der Waals surface area contributed by atoms with Gasteiger partial charge in [0.1, 0.15) is 4.88 Å². The van der Waals surface area contributed by atoms with Gasteiger partial charge in [-0.15, -0.1) is 11.3 Å². The van der Waals surface area contributed by atoms with E-state index in [0.717, 1.165) is 15.6 Å². The fourth-order valence-corrected chi connectivity index (χ4v) is 3.13. The van der Waals surface area contributed by atoms with Crippen LogP contribution in [-0.4, -0.2) is 5.91 Å². The van der Waals surface area contributed by atoms with E-state index in [1.807, 2.05) is 54.6 Å². The van der Waals surface area contributed by atoms with Gasteiger partial charge in [0, 0.05) is 16.6 Å². The van der Waals surface area contributed by atoms with Gasteiger partial charge < -0.3 is 11.1 Å². The minimum Gasteiger partial charge on any atom is -0.397 e.